The minimum absolute atomic E-state index is 0.122. The van der Waals surface area contributed by atoms with Crippen LogP contribution < -0.4 is 28.7 Å². The zero-order valence-corrected chi connectivity index (χ0v) is 67.3. The SMILES string of the molecule is CC1(C)c2ccccc2-c2ccc(N(c3ccc(-c4ccc(-c5ccccc5)cc4)cc3)c3ccc(-c4sc(-c5ccccc5)c5c4Oc4ccccc4O5)cc3)cc21.CC1(C)c2ccccc2-c2ccc(N(c3ccc(-c4sc(-c5ccccc5)c5c4Oc4ccccc4O5)cc3)c3ccc(-c4cccc5c4oc4ccccc45)cc3)cc21. The van der Waals surface area contributed by atoms with Crippen molar-refractivity contribution in [3.8, 4) is 143 Å². The Kier molecular flexibility index (Phi) is 17.2. The number of hydrogen-bond acceptors (Lipinski definition) is 9. The highest BCUT2D eigenvalue weighted by molar-refractivity contribution is 7.20. The van der Waals surface area contributed by atoms with E-state index in [1.807, 2.05) is 72.8 Å². The Morgan fingerprint density at radius 3 is 0.916 bits per heavy atom. The first kappa shape index (κ1) is 71.1. The Morgan fingerprint density at radius 2 is 0.504 bits per heavy atom. The number of furan rings is 1. The van der Waals surface area contributed by atoms with Crippen LogP contribution in [0.15, 0.2) is 393 Å². The van der Waals surface area contributed by atoms with Crippen LogP contribution >= 0.6 is 22.7 Å². The first-order chi connectivity index (χ1) is 58.5. The minimum Gasteiger partial charge on any atom is -0.455 e. The lowest BCUT2D eigenvalue weighted by molar-refractivity contribution is 0.364. The van der Waals surface area contributed by atoms with E-state index < -0.39 is 0 Å². The Balaban J connectivity index is 0.000000143. The smallest absolute Gasteiger partial charge is 0.189 e. The van der Waals surface area contributed by atoms with Gasteiger partial charge in [0.25, 0.3) is 0 Å². The van der Waals surface area contributed by atoms with E-state index in [1.54, 1.807) is 22.7 Å². The molecule has 0 radical (unpaired) electrons. The maximum Gasteiger partial charge on any atom is 0.189 e. The summed E-state index contributed by atoms with van der Waals surface area (Å²) in [6.07, 6.45) is 0. The Morgan fingerprint density at radius 1 is 0.218 bits per heavy atom. The van der Waals surface area contributed by atoms with Crippen molar-refractivity contribution in [2.75, 3.05) is 9.80 Å². The van der Waals surface area contributed by atoms with Crippen LogP contribution in [0.3, 0.4) is 0 Å². The number of anilines is 6. The average molecular weight is 1570 g/mol. The van der Waals surface area contributed by atoms with Crippen molar-refractivity contribution in [3.63, 3.8) is 0 Å². The van der Waals surface area contributed by atoms with Crippen molar-refractivity contribution >= 4 is 78.7 Å². The third-order valence-corrected chi connectivity index (χ3v) is 26.5. The quantitative estimate of drug-likeness (QED) is 0.114. The van der Waals surface area contributed by atoms with E-state index in [1.165, 1.54) is 66.8 Å². The molecule has 2 aliphatic heterocycles. The van der Waals surface area contributed by atoms with Crippen LogP contribution in [0.1, 0.15) is 49.9 Å². The van der Waals surface area contributed by atoms with Crippen molar-refractivity contribution in [2.45, 2.75) is 38.5 Å². The molecular formula is C110H76N2O5S2. The zero-order chi connectivity index (χ0) is 79.5. The number of ether oxygens (including phenoxy) is 4. The van der Waals surface area contributed by atoms with E-state index in [4.69, 9.17) is 23.4 Å². The molecular weight excluding hydrogens is 1490 g/mol. The van der Waals surface area contributed by atoms with Gasteiger partial charge in [0.15, 0.2) is 46.0 Å². The lowest BCUT2D eigenvalue weighted by Crippen LogP contribution is -2.16. The third-order valence-electron chi connectivity index (χ3n) is 24.0. The number of benzene rings is 16. The van der Waals surface area contributed by atoms with E-state index in [9.17, 15) is 0 Å². The van der Waals surface area contributed by atoms with Crippen LogP contribution in [0.25, 0.3) is 119 Å². The van der Waals surface area contributed by atoms with E-state index >= 15 is 0 Å². The fourth-order valence-electron chi connectivity index (χ4n) is 17.9. The molecule has 0 N–H and O–H groups in total. The molecule has 3 aromatic heterocycles. The van der Waals surface area contributed by atoms with Gasteiger partial charge in [0, 0.05) is 61.3 Å². The summed E-state index contributed by atoms with van der Waals surface area (Å²) in [7, 11) is 0. The molecule has 7 nitrogen and oxygen atoms in total. The van der Waals surface area contributed by atoms with Gasteiger partial charge in [-0.1, -0.05) is 313 Å². The summed E-state index contributed by atoms with van der Waals surface area (Å²) in [5.41, 5.74) is 30.0. The van der Waals surface area contributed by atoms with Gasteiger partial charge in [0.2, 0.25) is 0 Å². The second-order valence-corrected chi connectivity index (χ2v) is 33.8. The monoisotopic (exact) mass is 1570 g/mol. The van der Waals surface area contributed by atoms with Crippen LogP contribution in [0, 0.1) is 0 Å². The van der Waals surface area contributed by atoms with E-state index in [-0.39, 0.29) is 10.8 Å². The highest BCUT2D eigenvalue weighted by Gasteiger charge is 2.39. The fourth-order valence-corrected chi connectivity index (χ4v) is 20.3. The predicted octanol–water partition coefficient (Wildman–Crippen LogP) is 32.4. The van der Waals surface area contributed by atoms with Gasteiger partial charge in [-0.25, -0.2) is 0 Å². The van der Waals surface area contributed by atoms with Crippen molar-refractivity contribution in [1.29, 1.82) is 0 Å². The van der Waals surface area contributed by atoms with Gasteiger partial charge >= 0.3 is 0 Å². The standard InChI is InChI=1S/C55H37NO3S.C55H39NO2S/c1-55(2)45-19-8-6-15-41(45)42-32-31-39(33-46(42)55)56(37-27-23-34(24-28-37)40-17-12-18-44-43-16-7-9-20-47(43)57-50(40)44)38-29-25-36(26-30-38)54-52-51(53(60-54)35-13-4-3-5-14-35)58-48-21-10-11-22-49(48)59-52;1-55(2)47-18-10-9-17-45(47)46-34-33-44(35-48(46)55)56(42-29-25-39(26-30-42)38-23-21-37(22-24-38)36-13-5-3-6-14-36)43-31-27-41(28-32-43)54-52-51(53(59-54)40-15-7-4-8-16-40)57-49-19-11-12-20-50(49)58-52/h3-33H,1-2H3;3-35H,1-2H3. The maximum absolute atomic E-state index is 6.63. The second kappa shape index (κ2) is 28.8. The van der Waals surface area contributed by atoms with Gasteiger partial charge in [-0.15, -0.1) is 22.7 Å². The molecule has 0 unspecified atom stereocenters. The first-order valence-electron chi connectivity index (χ1n) is 40.4. The molecule has 23 rings (SSSR count). The summed E-state index contributed by atoms with van der Waals surface area (Å²) in [5.74, 6) is 5.90. The van der Waals surface area contributed by atoms with Gasteiger partial charge in [-0.05, 0) is 198 Å². The molecule has 0 fully saturated rings. The molecule has 0 spiro atoms. The molecule has 119 heavy (non-hydrogen) atoms. The average Bonchev–Trinajstić information content (AvgIpc) is 1.59. The van der Waals surface area contributed by atoms with Gasteiger partial charge in [-0.2, -0.15) is 0 Å². The summed E-state index contributed by atoms with van der Waals surface area (Å²) >= 11 is 3.40. The van der Waals surface area contributed by atoms with Gasteiger partial charge < -0.3 is 33.2 Å². The van der Waals surface area contributed by atoms with Gasteiger partial charge in [0.1, 0.15) is 11.2 Å². The molecule has 16 aromatic carbocycles. The van der Waals surface area contributed by atoms with Crippen LogP contribution in [0.2, 0.25) is 0 Å². The van der Waals surface area contributed by atoms with Crippen LogP contribution in [0.5, 0.6) is 46.0 Å². The molecule has 0 amide bonds. The summed E-state index contributed by atoms with van der Waals surface area (Å²) in [5, 5.41) is 2.25. The fraction of sp³-hybridized carbons (Fsp3) is 0.0545. The Hall–Kier alpha value is -14.5. The first-order valence-corrected chi connectivity index (χ1v) is 42.0. The van der Waals surface area contributed by atoms with Crippen molar-refractivity contribution in [3.05, 3.63) is 411 Å². The lowest BCUT2D eigenvalue weighted by Gasteiger charge is -2.28. The molecule has 0 saturated heterocycles. The molecule has 568 valence electrons. The number of nitrogens with zero attached hydrogens (tertiary/aromatic N) is 2. The highest BCUT2D eigenvalue weighted by atomic mass is 32.1. The second-order valence-electron chi connectivity index (χ2n) is 31.8. The number of fused-ring (bicyclic) bond motifs is 13. The third kappa shape index (κ3) is 12.3. The molecule has 0 bridgehead atoms. The molecule has 2 aliphatic carbocycles. The highest BCUT2D eigenvalue weighted by Crippen LogP contribution is 2.62. The summed E-state index contributed by atoms with van der Waals surface area (Å²) in [6, 6.07) is 138. The Labute approximate surface area is 699 Å². The van der Waals surface area contributed by atoms with Gasteiger partial charge in [0.05, 0.1) is 19.5 Å². The molecule has 0 atom stereocenters. The van der Waals surface area contributed by atoms with E-state index in [0.717, 1.165) is 149 Å². The van der Waals surface area contributed by atoms with Crippen molar-refractivity contribution in [2.24, 2.45) is 0 Å². The number of hydrogen-bond donors (Lipinski definition) is 0. The zero-order valence-electron chi connectivity index (χ0n) is 65.7. The predicted molar refractivity (Wildman–Crippen MR) is 492 cm³/mol. The number of rotatable bonds is 13. The molecule has 5 heterocycles. The normalized spacial score (nSPS) is 13.1. The lowest BCUT2D eigenvalue weighted by atomic mass is 9.82. The van der Waals surface area contributed by atoms with E-state index in [0.29, 0.717) is 5.75 Å². The Bertz CT molecular complexity index is 7130. The van der Waals surface area contributed by atoms with Crippen LogP contribution in [-0.2, 0) is 10.8 Å². The van der Waals surface area contributed by atoms with Crippen molar-refractivity contribution in [1.82, 2.24) is 0 Å². The summed E-state index contributed by atoms with van der Waals surface area (Å²) in [4.78, 5) is 8.89. The molecule has 9 heteroatoms. The largest absolute Gasteiger partial charge is 0.455 e. The van der Waals surface area contributed by atoms with Crippen LogP contribution in [0.4, 0.5) is 34.1 Å². The van der Waals surface area contributed by atoms with Gasteiger partial charge in [-0.3, -0.25) is 0 Å². The summed E-state index contributed by atoms with van der Waals surface area (Å²) < 4.78 is 32.8. The maximum atomic E-state index is 6.63. The molecule has 0 saturated carbocycles. The molecule has 4 aliphatic rings. The van der Waals surface area contributed by atoms with E-state index in [2.05, 4.69) is 353 Å². The number of para-hydroxylation sites is 6. The molecule has 19 aromatic rings. The number of thiophene rings is 2. The minimum atomic E-state index is -0.137. The van der Waals surface area contributed by atoms with Crippen molar-refractivity contribution < 1.29 is 23.4 Å². The summed E-state index contributed by atoms with van der Waals surface area (Å²) in [6.45, 7) is 9.36. The van der Waals surface area contributed by atoms with Crippen LogP contribution in [-0.4, -0.2) is 0 Å². The topological polar surface area (TPSA) is 56.5 Å².